The zero-order valence-corrected chi connectivity index (χ0v) is 14.0. The quantitative estimate of drug-likeness (QED) is 0.767. The number of carbonyl (C=O) groups excluding carboxylic acids is 1. The van der Waals surface area contributed by atoms with Gasteiger partial charge in [0, 0.05) is 12.1 Å². The molecule has 1 heterocycles. The van der Waals surface area contributed by atoms with Crippen LogP contribution in [0.4, 0.5) is 5.69 Å². The van der Waals surface area contributed by atoms with E-state index in [9.17, 15) is 4.79 Å². The lowest BCUT2D eigenvalue weighted by atomic mass is 10.1. The number of H-pyrrole nitrogens is 1. The van der Waals surface area contributed by atoms with Crippen LogP contribution in [-0.2, 0) is 17.6 Å². The van der Waals surface area contributed by atoms with Crippen LogP contribution in [0, 0.1) is 0 Å². The Hall–Kier alpha value is -1.82. The molecule has 0 spiro atoms. The van der Waals surface area contributed by atoms with Crippen LogP contribution in [0.2, 0.25) is 0 Å². The van der Waals surface area contributed by atoms with Crippen molar-refractivity contribution in [3.63, 3.8) is 0 Å². The molecule has 1 amide bonds. The van der Waals surface area contributed by atoms with E-state index in [1.807, 2.05) is 31.2 Å². The minimum absolute atomic E-state index is 0.0453. The molecule has 0 bridgehead atoms. The van der Waals surface area contributed by atoms with Gasteiger partial charge < -0.3 is 5.32 Å². The molecule has 0 saturated carbocycles. The van der Waals surface area contributed by atoms with Crippen LogP contribution in [0.1, 0.15) is 38.6 Å². The lowest BCUT2D eigenvalue weighted by Crippen LogP contribution is -2.22. The summed E-state index contributed by atoms with van der Waals surface area (Å²) in [7, 11) is 0. The van der Waals surface area contributed by atoms with Crippen LogP contribution in [0.25, 0.3) is 0 Å². The molecule has 0 aliphatic heterocycles. The third-order valence-electron chi connectivity index (χ3n) is 3.28. The number of nitrogens with one attached hydrogen (secondary N) is 2. The predicted molar refractivity (Wildman–Crippen MR) is 90.1 cm³/mol. The second-order valence-electron chi connectivity index (χ2n) is 5.11. The largest absolute Gasteiger partial charge is 0.325 e. The molecular formula is C16H22N4OS. The van der Waals surface area contributed by atoms with Gasteiger partial charge in [0.15, 0.2) is 0 Å². The van der Waals surface area contributed by atoms with E-state index >= 15 is 0 Å². The molecule has 5 nitrogen and oxygen atoms in total. The summed E-state index contributed by atoms with van der Waals surface area (Å²) < 4.78 is 0. The Morgan fingerprint density at radius 3 is 2.68 bits per heavy atom. The maximum absolute atomic E-state index is 12.2. The number of aryl methyl sites for hydroxylation is 2. The van der Waals surface area contributed by atoms with Gasteiger partial charge in [0.2, 0.25) is 11.1 Å². The van der Waals surface area contributed by atoms with Crippen LogP contribution in [0.15, 0.2) is 29.4 Å². The van der Waals surface area contributed by atoms with Gasteiger partial charge in [0.1, 0.15) is 5.82 Å². The van der Waals surface area contributed by atoms with Gasteiger partial charge >= 0.3 is 0 Å². The van der Waals surface area contributed by atoms with Crippen molar-refractivity contribution in [1.29, 1.82) is 0 Å². The van der Waals surface area contributed by atoms with Crippen LogP contribution >= 0.6 is 11.8 Å². The molecule has 6 heteroatoms. The number of hydrogen-bond acceptors (Lipinski definition) is 4. The predicted octanol–water partition coefficient (Wildman–Crippen LogP) is 3.44. The fraction of sp³-hybridized carbons (Fsp3) is 0.438. The van der Waals surface area contributed by atoms with E-state index in [1.54, 1.807) is 0 Å². The smallest absolute Gasteiger partial charge is 0.237 e. The summed E-state index contributed by atoms with van der Waals surface area (Å²) in [6.07, 6.45) is 2.88. The number of aromatic amines is 1. The Labute approximate surface area is 135 Å². The molecule has 0 saturated heterocycles. The van der Waals surface area contributed by atoms with Crippen molar-refractivity contribution in [2.24, 2.45) is 0 Å². The first kappa shape index (κ1) is 16.5. The molecule has 2 rings (SSSR count). The number of amides is 1. The van der Waals surface area contributed by atoms with E-state index in [0.29, 0.717) is 5.16 Å². The molecule has 0 aliphatic rings. The second kappa shape index (κ2) is 7.98. The standard InChI is InChI=1S/C16H22N4OS/c1-4-6-14-18-16(20-19-14)22-11(3)15(21)17-13-9-7-12(5-2)8-10-13/h7-11H,4-6H2,1-3H3,(H,17,21)(H,18,19,20)/t11-/m1/s1. The summed E-state index contributed by atoms with van der Waals surface area (Å²) >= 11 is 1.36. The van der Waals surface area contributed by atoms with Crippen molar-refractivity contribution in [2.75, 3.05) is 5.32 Å². The number of thioether (sulfide) groups is 1. The second-order valence-corrected chi connectivity index (χ2v) is 6.42. The van der Waals surface area contributed by atoms with Gasteiger partial charge in [-0.1, -0.05) is 37.7 Å². The molecule has 2 N–H and O–H groups in total. The van der Waals surface area contributed by atoms with Crippen molar-refractivity contribution in [1.82, 2.24) is 15.2 Å². The summed E-state index contributed by atoms with van der Waals surface area (Å²) in [5, 5.41) is 10.3. The minimum atomic E-state index is -0.254. The number of nitrogens with zero attached hydrogens (tertiary/aromatic N) is 2. The lowest BCUT2D eigenvalue weighted by molar-refractivity contribution is -0.115. The molecule has 118 valence electrons. The molecule has 0 aliphatic carbocycles. The van der Waals surface area contributed by atoms with Gasteiger partial charge in [-0.25, -0.2) is 4.98 Å². The van der Waals surface area contributed by atoms with E-state index in [4.69, 9.17) is 0 Å². The zero-order chi connectivity index (χ0) is 15.9. The Balaban J connectivity index is 1.90. The van der Waals surface area contributed by atoms with E-state index in [0.717, 1.165) is 30.8 Å². The van der Waals surface area contributed by atoms with E-state index in [1.165, 1.54) is 17.3 Å². The molecule has 1 atom stereocenters. The van der Waals surface area contributed by atoms with Crippen LogP contribution < -0.4 is 5.32 Å². The molecule has 1 aromatic heterocycles. The lowest BCUT2D eigenvalue weighted by Gasteiger charge is -2.10. The Kier molecular flexibility index (Phi) is 6.00. The van der Waals surface area contributed by atoms with Crippen molar-refractivity contribution in [3.8, 4) is 0 Å². The highest BCUT2D eigenvalue weighted by molar-refractivity contribution is 8.00. The summed E-state index contributed by atoms with van der Waals surface area (Å²) in [4.78, 5) is 16.6. The molecule has 1 aromatic carbocycles. The fourth-order valence-corrected chi connectivity index (χ4v) is 2.70. The van der Waals surface area contributed by atoms with E-state index in [-0.39, 0.29) is 11.2 Å². The Morgan fingerprint density at radius 2 is 2.05 bits per heavy atom. The highest BCUT2D eigenvalue weighted by Gasteiger charge is 2.17. The molecule has 0 unspecified atom stereocenters. The third-order valence-corrected chi connectivity index (χ3v) is 4.24. The highest BCUT2D eigenvalue weighted by atomic mass is 32.2. The summed E-state index contributed by atoms with van der Waals surface area (Å²) in [6.45, 7) is 6.06. The third kappa shape index (κ3) is 4.59. The van der Waals surface area contributed by atoms with E-state index in [2.05, 4.69) is 34.3 Å². The summed E-state index contributed by atoms with van der Waals surface area (Å²) in [5.41, 5.74) is 2.07. The average molecular weight is 318 g/mol. The van der Waals surface area contributed by atoms with Gasteiger partial charge in [0.05, 0.1) is 5.25 Å². The number of benzene rings is 1. The average Bonchev–Trinajstić information content (AvgIpc) is 2.95. The molecule has 0 fully saturated rings. The van der Waals surface area contributed by atoms with Gasteiger partial charge in [-0.3, -0.25) is 9.89 Å². The first-order valence-corrected chi connectivity index (χ1v) is 8.48. The molecule has 0 radical (unpaired) electrons. The van der Waals surface area contributed by atoms with E-state index < -0.39 is 0 Å². The summed E-state index contributed by atoms with van der Waals surface area (Å²) in [5.74, 6) is 0.823. The maximum Gasteiger partial charge on any atom is 0.237 e. The van der Waals surface area contributed by atoms with Gasteiger partial charge in [-0.05, 0) is 37.5 Å². The van der Waals surface area contributed by atoms with Crippen molar-refractivity contribution < 1.29 is 4.79 Å². The van der Waals surface area contributed by atoms with Crippen LogP contribution in [0.3, 0.4) is 0 Å². The highest BCUT2D eigenvalue weighted by Crippen LogP contribution is 2.21. The van der Waals surface area contributed by atoms with Crippen LogP contribution in [0.5, 0.6) is 0 Å². The summed E-state index contributed by atoms with van der Waals surface area (Å²) in [6, 6.07) is 7.92. The number of rotatable bonds is 7. The Morgan fingerprint density at radius 1 is 1.32 bits per heavy atom. The van der Waals surface area contributed by atoms with Crippen LogP contribution in [-0.4, -0.2) is 26.3 Å². The topological polar surface area (TPSA) is 70.7 Å². The molecular weight excluding hydrogens is 296 g/mol. The minimum Gasteiger partial charge on any atom is -0.325 e. The first-order valence-electron chi connectivity index (χ1n) is 7.60. The number of hydrogen-bond donors (Lipinski definition) is 2. The van der Waals surface area contributed by atoms with Gasteiger partial charge in [-0.2, -0.15) is 0 Å². The monoisotopic (exact) mass is 318 g/mol. The first-order chi connectivity index (χ1) is 10.6. The van der Waals surface area contributed by atoms with Gasteiger partial charge in [-0.15, -0.1) is 5.10 Å². The maximum atomic E-state index is 12.2. The Bertz CT molecular complexity index is 609. The molecule has 2 aromatic rings. The SMILES string of the molecule is CCCc1nc(S[C@H](C)C(=O)Nc2ccc(CC)cc2)n[nH]1. The van der Waals surface area contributed by atoms with Crippen molar-refractivity contribution in [3.05, 3.63) is 35.7 Å². The van der Waals surface area contributed by atoms with Gasteiger partial charge in [0.25, 0.3) is 0 Å². The fourth-order valence-electron chi connectivity index (χ4n) is 1.96. The van der Waals surface area contributed by atoms with Crippen molar-refractivity contribution >= 4 is 23.4 Å². The normalized spacial score (nSPS) is 12.1. The molecule has 22 heavy (non-hydrogen) atoms. The zero-order valence-electron chi connectivity index (χ0n) is 13.2. The number of anilines is 1. The van der Waals surface area contributed by atoms with Crippen molar-refractivity contribution in [2.45, 2.75) is 50.4 Å². The number of aromatic nitrogens is 3. The number of carbonyl (C=O) groups is 1.